The van der Waals surface area contributed by atoms with Crippen LogP contribution >= 0.6 is 0 Å². The number of nitrogens with one attached hydrogen (secondary N) is 1. The predicted molar refractivity (Wildman–Crippen MR) is 67.6 cm³/mol. The Morgan fingerprint density at radius 1 is 1.18 bits per heavy atom. The molecule has 3 rings (SSSR count). The smallest absolute Gasteiger partial charge is 0.225 e. The Morgan fingerprint density at radius 2 is 1.88 bits per heavy atom. The van der Waals surface area contributed by atoms with Gasteiger partial charge in [0.05, 0.1) is 0 Å². The van der Waals surface area contributed by atoms with Crippen LogP contribution in [0.25, 0.3) is 0 Å². The number of fused-ring (bicyclic) bond motifs is 1. The van der Waals surface area contributed by atoms with E-state index in [1.54, 1.807) is 0 Å². The number of nitrogens with zero attached hydrogens (tertiary/aromatic N) is 1. The van der Waals surface area contributed by atoms with Crippen molar-refractivity contribution in [3.63, 3.8) is 0 Å². The molecule has 1 saturated carbocycles. The van der Waals surface area contributed by atoms with Gasteiger partial charge in [-0.15, -0.1) is 0 Å². The highest BCUT2D eigenvalue weighted by Gasteiger charge is 2.40. The first kappa shape index (κ1) is 11.5. The average molecular weight is 236 g/mol. The van der Waals surface area contributed by atoms with Crippen LogP contribution in [0.2, 0.25) is 0 Å². The summed E-state index contributed by atoms with van der Waals surface area (Å²) in [6, 6.07) is 0.514. The zero-order chi connectivity index (χ0) is 11.8. The maximum Gasteiger partial charge on any atom is 0.225 e. The minimum atomic E-state index is 0.296. The van der Waals surface area contributed by atoms with Gasteiger partial charge >= 0.3 is 0 Å². The van der Waals surface area contributed by atoms with Crippen LogP contribution in [0.5, 0.6) is 0 Å². The van der Waals surface area contributed by atoms with Crippen molar-refractivity contribution in [2.24, 2.45) is 17.8 Å². The van der Waals surface area contributed by atoms with Crippen molar-refractivity contribution in [2.45, 2.75) is 45.1 Å². The second kappa shape index (κ2) is 4.60. The molecule has 2 unspecified atom stereocenters. The second-order valence-electron chi connectivity index (χ2n) is 6.27. The number of carbonyl (C=O) groups excluding carboxylic acids is 1. The maximum atomic E-state index is 12.5. The topological polar surface area (TPSA) is 32.3 Å². The summed E-state index contributed by atoms with van der Waals surface area (Å²) < 4.78 is 0. The van der Waals surface area contributed by atoms with Gasteiger partial charge in [0.25, 0.3) is 0 Å². The minimum absolute atomic E-state index is 0.296. The third-order valence-corrected chi connectivity index (χ3v) is 5.01. The molecule has 17 heavy (non-hydrogen) atoms. The van der Waals surface area contributed by atoms with Crippen LogP contribution in [-0.4, -0.2) is 36.5 Å². The van der Waals surface area contributed by atoms with Crippen molar-refractivity contribution in [3.05, 3.63) is 0 Å². The molecule has 2 heterocycles. The van der Waals surface area contributed by atoms with E-state index in [1.807, 2.05) is 0 Å². The molecular formula is C14H24N2O. The van der Waals surface area contributed by atoms with Crippen molar-refractivity contribution in [3.8, 4) is 0 Å². The Morgan fingerprint density at radius 3 is 2.53 bits per heavy atom. The Bertz CT molecular complexity index is 293. The number of piperidine rings is 1. The SMILES string of the molecule is C[C@H]1C[C@@H](C(=O)N2CC3CCCC3C2)CCN1. The molecule has 4 atom stereocenters. The van der Waals surface area contributed by atoms with E-state index < -0.39 is 0 Å². The summed E-state index contributed by atoms with van der Waals surface area (Å²) in [5, 5.41) is 3.43. The number of hydrogen-bond acceptors (Lipinski definition) is 2. The van der Waals surface area contributed by atoms with Crippen LogP contribution in [0, 0.1) is 17.8 Å². The van der Waals surface area contributed by atoms with Gasteiger partial charge in [-0.1, -0.05) is 6.42 Å². The Kier molecular flexibility index (Phi) is 3.12. The van der Waals surface area contributed by atoms with Gasteiger partial charge in [0.2, 0.25) is 5.91 Å². The quantitative estimate of drug-likeness (QED) is 0.750. The molecule has 3 fully saturated rings. The van der Waals surface area contributed by atoms with Gasteiger partial charge in [0.15, 0.2) is 0 Å². The molecule has 3 aliphatic rings. The lowest BCUT2D eigenvalue weighted by Gasteiger charge is -2.30. The number of likely N-dealkylation sites (tertiary alicyclic amines) is 1. The number of carbonyl (C=O) groups is 1. The van der Waals surface area contributed by atoms with Crippen LogP contribution in [0.15, 0.2) is 0 Å². The zero-order valence-corrected chi connectivity index (χ0v) is 10.8. The van der Waals surface area contributed by atoms with Gasteiger partial charge in [0, 0.05) is 25.0 Å². The average Bonchev–Trinajstić information content (AvgIpc) is 2.88. The van der Waals surface area contributed by atoms with Gasteiger partial charge in [-0.25, -0.2) is 0 Å². The van der Waals surface area contributed by atoms with E-state index >= 15 is 0 Å². The summed E-state index contributed by atoms with van der Waals surface area (Å²) in [5.74, 6) is 2.41. The molecular weight excluding hydrogens is 212 g/mol. The van der Waals surface area contributed by atoms with Crippen molar-refractivity contribution >= 4 is 5.91 Å². The monoisotopic (exact) mass is 236 g/mol. The van der Waals surface area contributed by atoms with Gasteiger partial charge in [-0.05, 0) is 51.0 Å². The summed E-state index contributed by atoms with van der Waals surface area (Å²) in [6.45, 7) is 5.32. The van der Waals surface area contributed by atoms with E-state index in [2.05, 4.69) is 17.1 Å². The highest BCUT2D eigenvalue weighted by Crippen LogP contribution is 2.38. The van der Waals surface area contributed by atoms with Crippen LogP contribution < -0.4 is 5.32 Å². The molecule has 0 bridgehead atoms. The van der Waals surface area contributed by atoms with E-state index in [9.17, 15) is 4.79 Å². The Balaban J connectivity index is 1.59. The van der Waals surface area contributed by atoms with Crippen molar-refractivity contribution in [1.29, 1.82) is 0 Å². The van der Waals surface area contributed by atoms with Crippen LogP contribution in [-0.2, 0) is 4.79 Å². The molecule has 96 valence electrons. The van der Waals surface area contributed by atoms with Crippen molar-refractivity contribution in [2.75, 3.05) is 19.6 Å². The second-order valence-corrected chi connectivity index (χ2v) is 6.27. The van der Waals surface area contributed by atoms with Crippen LogP contribution in [0.1, 0.15) is 39.0 Å². The van der Waals surface area contributed by atoms with E-state index in [0.717, 1.165) is 44.3 Å². The summed E-state index contributed by atoms with van der Waals surface area (Å²) in [5.41, 5.74) is 0. The standard InChI is InChI=1S/C14H24N2O/c1-10-7-11(5-6-15-10)14(17)16-8-12-3-2-4-13(12)9-16/h10-13,15H,2-9H2,1H3/t10-,11-,12?,13?/m0/s1. The van der Waals surface area contributed by atoms with E-state index in [1.165, 1.54) is 19.3 Å². The number of rotatable bonds is 1. The van der Waals surface area contributed by atoms with E-state index in [-0.39, 0.29) is 0 Å². The molecule has 0 aromatic carbocycles. The largest absolute Gasteiger partial charge is 0.342 e. The van der Waals surface area contributed by atoms with E-state index in [0.29, 0.717) is 17.9 Å². The maximum absolute atomic E-state index is 12.5. The molecule has 1 amide bonds. The molecule has 1 N–H and O–H groups in total. The van der Waals surface area contributed by atoms with Crippen LogP contribution in [0.4, 0.5) is 0 Å². The Labute approximate surface area is 104 Å². The van der Waals surface area contributed by atoms with Gasteiger partial charge in [-0.3, -0.25) is 4.79 Å². The molecule has 3 heteroatoms. The van der Waals surface area contributed by atoms with Gasteiger partial charge in [0.1, 0.15) is 0 Å². The number of amides is 1. The molecule has 3 nitrogen and oxygen atoms in total. The van der Waals surface area contributed by atoms with E-state index in [4.69, 9.17) is 0 Å². The third kappa shape index (κ3) is 2.22. The molecule has 2 aliphatic heterocycles. The molecule has 0 radical (unpaired) electrons. The third-order valence-electron chi connectivity index (χ3n) is 5.01. The number of hydrogen-bond donors (Lipinski definition) is 1. The first-order valence-corrected chi connectivity index (χ1v) is 7.26. The fourth-order valence-electron chi connectivity index (χ4n) is 4.03. The highest BCUT2D eigenvalue weighted by atomic mass is 16.2. The molecule has 1 aliphatic carbocycles. The Hall–Kier alpha value is -0.570. The minimum Gasteiger partial charge on any atom is -0.342 e. The fraction of sp³-hybridized carbons (Fsp3) is 0.929. The summed E-state index contributed by atoms with van der Waals surface area (Å²) in [6.07, 6.45) is 6.18. The summed E-state index contributed by atoms with van der Waals surface area (Å²) >= 11 is 0. The first-order valence-electron chi connectivity index (χ1n) is 7.26. The van der Waals surface area contributed by atoms with Crippen molar-refractivity contribution < 1.29 is 4.79 Å². The lowest BCUT2D eigenvalue weighted by molar-refractivity contribution is -0.135. The van der Waals surface area contributed by atoms with Crippen molar-refractivity contribution in [1.82, 2.24) is 10.2 Å². The normalized spacial score (nSPS) is 41.6. The predicted octanol–water partition coefficient (Wildman–Crippen LogP) is 1.63. The summed E-state index contributed by atoms with van der Waals surface area (Å²) in [7, 11) is 0. The van der Waals surface area contributed by atoms with Crippen LogP contribution in [0.3, 0.4) is 0 Å². The van der Waals surface area contributed by atoms with Gasteiger partial charge in [-0.2, -0.15) is 0 Å². The lowest BCUT2D eigenvalue weighted by atomic mass is 9.92. The summed E-state index contributed by atoms with van der Waals surface area (Å²) in [4.78, 5) is 14.7. The molecule has 0 spiro atoms. The fourth-order valence-corrected chi connectivity index (χ4v) is 4.03. The zero-order valence-electron chi connectivity index (χ0n) is 10.8. The molecule has 2 saturated heterocycles. The lowest BCUT2D eigenvalue weighted by Crippen LogP contribution is -2.43. The van der Waals surface area contributed by atoms with Gasteiger partial charge < -0.3 is 10.2 Å². The molecule has 0 aromatic rings. The molecule has 0 aromatic heterocycles. The first-order chi connectivity index (χ1) is 8.24. The highest BCUT2D eigenvalue weighted by molar-refractivity contribution is 5.79.